The van der Waals surface area contributed by atoms with Crippen LogP contribution in [0, 0.1) is 12.7 Å². The number of carbonyl (C=O) groups is 1. The Balaban J connectivity index is 1.73. The Morgan fingerprint density at radius 1 is 1.10 bits per heavy atom. The molecular weight excluding hydrogens is 389 g/mol. The number of nitrogens with zero attached hydrogens (tertiary/aromatic N) is 2. The van der Waals surface area contributed by atoms with Gasteiger partial charge in [-0.1, -0.05) is 12.1 Å². The fourth-order valence-corrected chi connectivity index (χ4v) is 4.16. The van der Waals surface area contributed by atoms with Crippen LogP contribution in [0.3, 0.4) is 0 Å². The molecule has 7 heteroatoms. The minimum Gasteiger partial charge on any atom is -0.462 e. The standard InChI is InChI=1S/C22H18FN3O2S/c1-3-28-22(27)15-6-10-17(11-7-15)26-20-19-18(14-4-8-16(23)9-5-14)13(2)29-21(19)25-12-24-20/h4-12H,3H2,1-2H3,(H,24,25,26). The third kappa shape index (κ3) is 3.82. The molecule has 2 aromatic carbocycles. The molecule has 2 heterocycles. The van der Waals surface area contributed by atoms with Gasteiger partial charge in [0.25, 0.3) is 0 Å². The summed E-state index contributed by atoms with van der Waals surface area (Å²) in [6.45, 7) is 4.13. The van der Waals surface area contributed by atoms with Gasteiger partial charge in [0.05, 0.1) is 17.6 Å². The fraction of sp³-hybridized carbons (Fsp3) is 0.136. The lowest BCUT2D eigenvalue weighted by Gasteiger charge is -2.10. The molecule has 0 aliphatic carbocycles. The van der Waals surface area contributed by atoms with Crippen molar-refractivity contribution in [3.63, 3.8) is 0 Å². The number of ether oxygens (including phenoxy) is 1. The number of anilines is 2. The van der Waals surface area contributed by atoms with Gasteiger partial charge >= 0.3 is 5.97 Å². The van der Waals surface area contributed by atoms with Crippen molar-refractivity contribution in [1.29, 1.82) is 0 Å². The first-order valence-electron chi connectivity index (χ1n) is 9.11. The second-order valence-corrected chi connectivity index (χ2v) is 7.57. The lowest BCUT2D eigenvalue weighted by Crippen LogP contribution is -2.04. The summed E-state index contributed by atoms with van der Waals surface area (Å²) in [7, 11) is 0. The van der Waals surface area contributed by atoms with E-state index in [0.717, 1.165) is 31.9 Å². The molecule has 1 N–H and O–H groups in total. The zero-order valence-electron chi connectivity index (χ0n) is 15.9. The number of carbonyl (C=O) groups excluding carboxylic acids is 1. The van der Waals surface area contributed by atoms with Crippen LogP contribution >= 0.6 is 11.3 Å². The van der Waals surface area contributed by atoms with E-state index >= 15 is 0 Å². The van der Waals surface area contributed by atoms with Crippen molar-refractivity contribution in [1.82, 2.24) is 9.97 Å². The second kappa shape index (κ2) is 7.97. The molecule has 5 nitrogen and oxygen atoms in total. The summed E-state index contributed by atoms with van der Waals surface area (Å²) in [6.07, 6.45) is 1.52. The molecule has 29 heavy (non-hydrogen) atoms. The second-order valence-electron chi connectivity index (χ2n) is 6.37. The van der Waals surface area contributed by atoms with E-state index in [0.29, 0.717) is 18.0 Å². The largest absolute Gasteiger partial charge is 0.462 e. The van der Waals surface area contributed by atoms with Gasteiger partial charge in [-0.15, -0.1) is 11.3 Å². The molecule has 0 spiro atoms. The fourth-order valence-electron chi connectivity index (χ4n) is 3.14. The van der Waals surface area contributed by atoms with Gasteiger partial charge < -0.3 is 10.1 Å². The van der Waals surface area contributed by atoms with Crippen LogP contribution in [0.2, 0.25) is 0 Å². The minimum atomic E-state index is -0.351. The molecular formula is C22H18FN3O2S. The number of esters is 1. The van der Waals surface area contributed by atoms with E-state index in [1.807, 2.05) is 6.92 Å². The van der Waals surface area contributed by atoms with Crippen LogP contribution in [0.5, 0.6) is 0 Å². The van der Waals surface area contributed by atoms with E-state index in [1.54, 1.807) is 54.7 Å². The summed E-state index contributed by atoms with van der Waals surface area (Å²) in [5.74, 6) is 0.0281. The molecule has 4 aromatic rings. The van der Waals surface area contributed by atoms with Crippen LogP contribution < -0.4 is 5.32 Å². The zero-order valence-corrected chi connectivity index (χ0v) is 16.7. The number of halogens is 1. The normalized spacial score (nSPS) is 10.9. The Labute approximate surface area is 171 Å². The van der Waals surface area contributed by atoms with Crippen LogP contribution in [0.15, 0.2) is 54.9 Å². The van der Waals surface area contributed by atoms with Crippen molar-refractivity contribution in [3.8, 4) is 11.1 Å². The lowest BCUT2D eigenvalue weighted by atomic mass is 10.0. The Morgan fingerprint density at radius 3 is 2.52 bits per heavy atom. The minimum absolute atomic E-state index is 0.276. The number of thiophene rings is 1. The Bertz CT molecular complexity index is 1170. The van der Waals surface area contributed by atoms with Crippen LogP contribution in [0.1, 0.15) is 22.2 Å². The van der Waals surface area contributed by atoms with Gasteiger partial charge in [-0.2, -0.15) is 0 Å². The highest BCUT2D eigenvalue weighted by atomic mass is 32.1. The predicted octanol–water partition coefficient (Wildman–Crippen LogP) is 5.73. The average molecular weight is 407 g/mol. The summed E-state index contributed by atoms with van der Waals surface area (Å²) >= 11 is 1.57. The van der Waals surface area contributed by atoms with Crippen molar-refractivity contribution >= 4 is 39.0 Å². The Hall–Kier alpha value is -3.32. The van der Waals surface area contributed by atoms with Gasteiger partial charge in [0, 0.05) is 16.1 Å². The van der Waals surface area contributed by atoms with Gasteiger partial charge in [0.15, 0.2) is 0 Å². The van der Waals surface area contributed by atoms with Gasteiger partial charge in [0.2, 0.25) is 0 Å². The first kappa shape index (κ1) is 19.0. The quantitative estimate of drug-likeness (QED) is 0.428. The SMILES string of the molecule is CCOC(=O)c1ccc(Nc2ncnc3sc(C)c(-c4ccc(F)cc4)c23)cc1. The number of aromatic nitrogens is 2. The number of fused-ring (bicyclic) bond motifs is 1. The number of nitrogens with one attached hydrogen (secondary N) is 1. The number of hydrogen-bond acceptors (Lipinski definition) is 6. The van der Waals surface area contributed by atoms with Crippen LogP contribution in [0.4, 0.5) is 15.9 Å². The Morgan fingerprint density at radius 2 is 1.83 bits per heavy atom. The van der Waals surface area contributed by atoms with Crippen LogP contribution in [-0.4, -0.2) is 22.5 Å². The zero-order chi connectivity index (χ0) is 20.4. The molecule has 0 unspecified atom stereocenters. The smallest absolute Gasteiger partial charge is 0.338 e. The van der Waals surface area contributed by atoms with Crippen molar-refractivity contribution in [2.24, 2.45) is 0 Å². The van der Waals surface area contributed by atoms with Crippen LogP contribution in [0.25, 0.3) is 21.3 Å². The molecule has 0 bridgehead atoms. The first-order valence-corrected chi connectivity index (χ1v) is 9.92. The molecule has 4 rings (SSSR count). The summed E-state index contributed by atoms with van der Waals surface area (Å²) < 4.78 is 18.4. The average Bonchev–Trinajstić information content (AvgIpc) is 3.06. The molecule has 0 aliphatic heterocycles. The van der Waals surface area contributed by atoms with Crippen LogP contribution in [-0.2, 0) is 4.74 Å². The number of aryl methyl sites for hydroxylation is 1. The van der Waals surface area contributed by atoms with Crippen molar-refractivity contribution in [2.45, 2.75) is 13.8 Å². The van der Waals surface area contributed by atoms with E-state index in [2.05, 4.69) is 15.3 Å². The van der Waals surface area contributed by atoms with Gasteiger partial charge in [-0.25, -0.2) is 19.2 Å². The molecule has 0 atom stereocenters. The van der Waals surface area contributed by atoms with Gasteiger partial charge in [0.1, 0.15) is 22.8 Å². The topological polar surface area (TPSA) is 64.1 Å². The Kier molecular flexibility index (Phi) is 5.22. The van der Waals surface area contributed by atoms with E-state index < -0.39 is 0 Å². The molecule has 0 amide bonds. The summed E-state index contributed by atoms with van der Waals surface area (Å²) in [6, 6.07) is 13.4. The summed E-state index contributed by atoms with van der Waals surface area (Å²) in [4.78, 5) is 22.6. The third-order valence-electron chi connectivity index (χ3n) is 4.46. The maximum absolute atomic E-state index is 13.4. The maximum Gasteiger partial charge on any atom is 0.338 e. The van der Waals surface area contributed by atoms with Crippen molar-refractivity contribution in [3.05, 3.63) is 71.1 Å². The number of hydrogen-bond donors (Lipinski definition) is 1. The molecule has 0 fully saturated rings. The lowest BCUT2D eigenvalue weighted by molar-refractivity contribution is 0.0526. The molecule has 0 saturated heterocycles. The summed E-state index contributed by atoms with van der Waals surface area (Å²) in [5, 5.41) is 4.19. The molecule has 0 radical (unpaired) electrons. The van der Waals surface area contributed by atoms with E-state index in [-0.39, 0.29) is 11.8 Å². The highest BCUT2D eigenvalue weighted by molar-refractivity contribution is 7.19. The molecule has 0 aliphatic rings. The van der Waals surface area contributed by atoms with Crippen molar-refractivity contribution in [2.75, 3.05) is 11.9 Å². The van der Waals surface area contributed by atoms with E-state index in [1.165, 1.54) is 18.5 Å². The van der Waals surface area contributed by atoms with E-state index in [4.69, 9.17) is 4.74 Å². The predicted molar refractivity (Wildman–Crippen MR) is 113 cm³/mol. The maximum atomic E-state index is 13.4. The first-order chi connectivity index (χ1) is 14.1. The summed E-state index contributed by atoms with van der Waals surface area (Å²) in [5.41, 5.74) is 3.16. The monoisotopic (exact) mass is 407 g/mol. The number of rotatable bonds is 5. The molecule has 0 saturated carbocycles. The van der Waals surface area contributed by atoms with E-state index in [9.17, 15) is 9.18 Å². The highest BCUT2D eigenvalue weighted by Gasteiger charge is 2.17. The molecule has 146 valence electrons. The number of benzene rings is 2. The third-order valence-corrected chi connectivity index (χ3v) is 5.47. The van der Waals surface area contributed by atoms with Crippen molar-refractivity contribution < 1.29 is 13.9 Å². The highest BCUT2D eigenvalue weighted by Crippen LogP contribution is 2.41. The molecule has 2 aromatic heterocycles. The van der Waals surface area contributed by atoms with Gasteiger partial charge in [-0.05, 0) is 55.8 Å². The van der Waals surface area contributed by atoms with Gasteiger partial charge in [-0.3, -0.25) is 0 Å².